The van der Waals surface area contributed by atoms with Crippen LogP contribution < -0.4 is 10.6 Å². The first kappa shape index (κ1) is 24.3. The van der Waals surface area contributed by atoms with E-state index < -0.39 is 0 Å². The van der Waals surface area contributed by atoms with E-state index in [9.17, 15) is 14.4 Å². The highest BCUT2D eigenvalue weighted by molar-refractivity contribution is 5.97. The van der Waals surface area contributed by atoms with Crippen molar-refractivity contribution in [1.29, 1.82) is 0 Å². The Morgan fingerprint density at radius 2 is 1.55 bits per heavy atom. The number of rotatable bonds is 10. The van der Waals surface area contributed by atoms with E-state index in [2.05, 4.69) is 24.5 Å². The van der Waals surface area contributed by atoms with Gasteiger partial charge in [-0.2, -0.15) is 0 Å². The largest absolute Gasteiger partial charge is 0.376 e. The van der Waals surface area contributed by atoms with Gasteiger partial charge >= 0.3 is 0 Å². The maximum Gasteiger partial charge on any atom is 0.253 e. The van der Waals surface area contributed by atoms with Crippen molar-refractivity contribution in [2.45, 2.75) is 39.5 Å². The number of likely N-dealkylation sites (tertiary alicyclic amines) is 1. The summed E-state index contributed by atoms with van der Waals surface area (Å²) in [6.07, 6.45) is 3.94. The second kappa shape index (κ2) is 12.0. The van der Waals surface area contributed by atoms with Gasteiger partial charge in [0.05, 0.1) is 6.54 Å². The van der Waals surface area contributed by atoms with E-state index in [1.165, 1.54) is 0 Å². The fourth-order valence-corrected chi connectivity index (χ4v) is 3.99. The smallest absolute Gasteiger partial charge is 0.253 e. The highest BCUT2D eigenvalue weighted by Gasteiger charge is 2.19. The first-order valence-electron chi connectivity index (χ1n) is 11.8. The number of hydrogen-bond donors (Lipinski definition) is 2. The lowest BCUT2D eigenvalue weighted by Gasteiger charge is -2.21. The molecule has 1 heterocycles. The van der Waals surface area contributed by atoms with E-state index in [1.54, 1.807) is 36.4 Å². The van der Waals surface area contributed by atoms with E-state index in [-0.39, 0.29) is 24.3 Å². The molecule has 0 bridgehead atoms. The Kier molecular flexibility index (Phi) is 8.87. The molecule has 7 heteroatoms. The Hall–Kier alpha value is -3.35. The molecule has 2 N–H and O–H groups in total. The molecule has 2 aromatic rings. The Morgan fingerprint density at radius 3 is 2.18 bits per heavy atom. The molecule has 2 aromatic carbocycles. The maximum absolute atomic E-state index is 12.7. The van der Waals surface area contributed by atoms with Crippen molar-refractivity contribution >= 4 is 29.1 Å². The molecule has 1 aliphatic heterocycles. The molecule has 3 rings (SSSR count). The summed E-state index contributed by atoms with van der Waals surface area (Å²) in [5, 5.41) is 5.92. The molecule has 33 heavy (non-hydrogen) atoms. The topological polar surface area (TPSA) is 81.8 Å². The minimum Gasteiger partial charge on any atom is -0.376 e. The van der Waals surface area contributed by atoms with Crippen LogP contribution >= 0.6 is 0 Å². The maximum atomic E-state index is 12.7. The molecule has 1 saturated heterocycles. The van der Waals surface area contributed by atoms with E-state index in [0.717, 1.165) is 57.5 Å². The third kappa shape index (κ3) is 6.81. The summed E-state index contributed by atoms with van der Waals surface area (Å²) in [6, 6.07) is 14.2. The summed E-state index contributed by atoms with van der Waals surface area (Å²) < 4.78 is 0. The summed E-state index contributed by atoms with van der Waals surface area (Å²) in [7, 11) is 0. The molecule has 0 aliphatic carbocycles. The summed E-state index contributed by atoms with van der Waals surface area (Å²) in [5.74, 6) is -0.155. The number of nitrogens with zero attached hydrogens (tertiary/aromatic N) is 2. The predicted octanol–water partition coefficient (Wildman–Crippen LogP) is 4.24. The second-order valence-corrected chi connectivity index (χ2v) is 8.35. The molecule has 0 atom stereocenters. The number of carbonyl (C=O) groups excluding carboxylic acids is 3. The van der Waals surface area contributed by atoms with Gasteiger partial charge < -0.3 is 20.4 Å². The van der Waals surface area contributed by atoms with Gasteiger partial charge in [-0.3, -0.25) is 14.4 Å². The van der Waals surface area contributed by atoms with Crippen molar-refractivity contribution in [3.05, 3.63) is 59.7 Å². The van der Waals surface area contributed by atoms with Crippen LogP contribution in [0, 0.1) is 0 Å². The molecule has 0 aromatic heterocycles. The fraction of sp³-hybridized carbons (Fsp3) is 0.423. The highest BCUT2D eigenvalue weighted by atomic mass is 16.2. The number of carbonyl (C=O) groups is 3. The lowest BCUT2D eigenvalue weighted by atomic mass is 10.1. The van der Waals surface area contributed by atoms with Gasteiger partial charge in [0.25, 0.3) is 11.8 Å². The first-order valence-corrected chi connectivity index (χ1v) is 11.8. The van der Waals surface area contributed by atoms with Crippen molar-refractivity contribution in [3.8, 4) is 0 Å². The van der Waals surface area contributed by atoms with Crippen molar-refractivity contribution in [1.82, 2.24) is 9.80 Å². The van der Waals surface area contributed by atoms with Crippen LogP contribution in [0.25, 0.3) is 0 Å². The third-order valence-corrected chi connectivity index (χ3v) is 5.65. The number of anilines is 2. The van der Waals surface area contributed by atoms with Crippen molar-refractivity contribution in [3.63, 3.8) is 0 Å². The van der Waals surface area contributed by atoms with Crippen LogP contribution in [0.4, 0.5) is 11.4 Å². The molecule has 0 unspecified atom stereocenters. The van der Waals surface area contributed by atoms with Gasteiger partial charge in [-0.15, -0.1) is 0 Å². The van der Waals surface area contributed by atoms with Crippen LogP contribution in [0.2, 0.25) is 0 Å². The minimum atomic E-state index is -0.205. The zero-order chi connectivity index (χ0) is 23.6. The first-order chi connectivity index (χ1) is 16.0. The standard InChI is InChI=1S/C26H34N4O3/c1-3-14-29(15-4-2)25(32)20-10-12-22(13-11-20)28-24(31)19-27-23-9-7-8-21(18-23)26(33)30-16-5-6-17-30/h7-13,18,27H,3-6,14-17,19H2,1-2H3,(H,28,31). The van der Waals surface area contributed by atoms with Gasteiger partial charge in [0.1, 0.15) is 0 Å². The lowest BCUT2D eigenvalue weighted by Crippen LogP contribution is -2.32. The Bertz CT molecular complexity index is 946. The molecule has 0 saturated carbocycles. The second-order valence-electron chi connectivity index (χ2n) is 8.35. The summed E-state index contributed by atoms with van der Waals surface area (Å²) in [6.45, 7) is 7.28. The molecular formula is C26H34N4O3. The van der Waals surface area contributed by atoms with Gasteiger partial charge in [0.2, 0.25) is 5.91 Å². The van der Waals surface area contributed by atoms with E-state index in [0.29, 0.717) is 16.8 Å². The summed E-state index contributed by atoms with van der Waals surface area (Å²) >= 11 is 0. The van der Waals surface area contributed by atoms with Crippen LogP contribution in [0.15, 0.2) is 48.5 Å². The van der Waals surface area contributed by atoms with Gasteiger partial charge in [-0.25, -0.2) is 0 Å². The van der Waals surface area contributed by atoms with E-state index in [1.807, 2.05) is 21.9 Å². The van der Waals surface area contributed by atoms with E-state index in [4.69, 9.17) is 0 Å². The van der Waals surface area contributed by atoms with Gasteiger partial charge in [0, 0.05) is 48.7 Å². The molecule has 7 nitrogen and oxygen atoms in total. The number of hydrogen-bond acceptors (Lipinski definition) is 4. The van der Waals surface area contributed by atoms with Gasteiger partial charge in [0.15, 0.2) is 0 Å². The number of amides is 3. The summed E-state index contributed by atoms with van der Waals surface area (Å²) in [4.78, 5) is 41.4. The molecule has 1 fully saturated rings. The van der Waals surface area contributed by atoms with Gasteiger partial charge in [-0.1, -0.05) is 19.9 Å². The van der Waals surface area contributed by atoms with Crippen LogP contribution in [0.3, 0.4) is 0 Å². The SMILES string of the molecule is CCCN(CCC)C(=O)c1ccc(NC(=O)CNc2cccc(C(=O)N3CCCC3)c2)cc1. The highest BCUT2D eigenvalue weighted by Crippen LogP contribution is 2.17. The van der Waals surface area contributed by atoms with Crippen molar-refractivity contribution < 1.29 is 14.4 Å². The lowest BCUT2D eigenvalue weighted by molar-refractivity contribution is -0.114. The average Bonchev–Trinajstić information content (AvgIpc) is 3.37. The third-order valence-electron chi connectivity index (χ3n) is 5.65. The van der Waals surface area contributed by atoms with Crippen LogP contribution in [0.5, 0.6) is 0 Å². The number of benzene rings is 2. The summed E-state index contributed by atoms with van der Waals surface area (Å²) in [5.41, 5.74) is 2.60. The van der Waals surface area contributed by atoms with Crippen LogP contribution in [-0.2, 0) is 4.79 Å². The zero-order valence-corrected chi connectivity index (χ0v) is 19.6. The van der Waals surface area contributed by atoms with E-state index >= 15 is 0 Å². The molecule has 1 aliphatic rings. The number of nitrogens with one attached hydrogen (secondary N) is 2. The molecule has 0 radical (unpaired) electrons. The van der Waals surface area contributed by atoms with Crippen LogP contribution in [0.1, 0.15) is 60.2 Å². The van der Waals surface area contributed by atoms with Crippen LogP contribution in [-0.4, -0.2) is 60.2 Å². The zero-order valence-electron chi connectivity index (χ0n) is 19.6. The average molecular weight is 451 g/mol. The molecule has 3 amide bonds. The predicted molar refractivity (Wildman–Crippen MR) is 132 cm³/mol. The Morgan fingerprint density at radius 1 is 0.879 bits per heavy atom. The quantitative estimate of drug-likeness (QED) is 0.567. The fourth-order valence-electron chi connectivity index (χ4n) is 3.99. The molecule has 0 spiro atoms. The van der Waals surface area contributed by atoms with Crippen molar-refractivity contribution in [2.24, 2.45) is 0 Å². The van der Waals surface area contributed by atoms with Gasteiger partial charge in [-0.05, 0) is 68.1 Å². The monoisotopic (exact) mass is 450 g/mol. The molecule has 176 valence electrons. The minimum absolute atomic E-state index is 0.0154. The Balaban J connectivity index is 1.52. The Labute approximate surface area is 196 Å². The van der Waals surface area contributed by atoms with Crippen molar-refractivity contribution in [2.75, 3.05) is 43.4 Å². The molecular weight excluding hydrogens is 416 g/mol. The normalized spacial score (nSPS) is 13.0.